The summed E-state index contributed by atoms with van der Waals surface area (Å²) in [7, 11) is 4.43. The number of pyridine rings is 1. The minimum atomic E-state index is -0.499. The van der Waals surface area contributed by atoms with Crippen LogP contribution in [0.2, 0.25) is 0 Å². The molecule has 0 aliphatic heterocycles. The molecule has 0 unspecified atom stereocenters. The zero-order valence-corrected chi connectivity index (χ0v) is 15.3. The fraction of sp³-hybridized carbons (Fsp3) is 0.158. The van der Waals surface area contributed by atoms with Crippen molar-refractivity contribution in [1.82, 2.24) is 14.1 Å². The molecule has 0 fully saturated rings. The number of hydrogen-bond donors (Lipinski definition) is 1. The number of carbonyl (C=O) groups excluding carboxylic acids is 1. The van der Waals surface area contributed by atoms with E-state index in [1.807, 2.05) is 0 Å². The molecule has 0 radical (unpaired) electrons. The van der Waals surface area contributed by atoms with Crippen molar-refractivity contribution in [3.63, 3.8) is 0 Å². The lowest BCUT2D eigenvalue weighted by Gasteiger charge is -2.08. The number of nitrogens with one attached hydrogen (secondary N) is 1. The Morgan fingerprint density at radius 1 is 1.18 bits per heavy atom. The summed E-state index contributed by atoms with van der Waals surface area (Å²) >= 11 is 0. The largest absolute Gasteiger partial charge is 0.493 e. The van der Waals surface area contributed by atoms with Gasteiger partial charge in [0.25, 0.3) is 11.5 Å². The second kappa shape index (κ2) is 6.38. The van der Waals surface area contributed by atoms with Gasteiger partial charge in [-0.3, -0.25) is 18.7 Å². The summed E-state index contributed by atoms with van der Waals surface area (Å²) in [6.45, 7) is 0. The molecule has 3 aromatic heterocycles. The number of furan rings is 1. The maximum Gasteiger partial charge on any atom is 0.332 e. The van der Waals surface area contributed by atoms with Gasteiger partial charge in [0.05, 0.1) is 24.4 Å². The molecule has 1 N–H and O–H groups in total. The number of rotatable bonds is 3. The molecule has 0 atom stereocenters. The van der Waals surface area contributed by atoms with E-state index in [9.17, 15) is 14.4 Å². The summed E-state index contributed by atoms with van der Waals surface area (Å²) in [6.07, 6.45) is 1.38. The highest BCUT2D eigenvalue weighted by atomic mass is 16.5. The molecule has 4 aromatic rings. The SMILES string of the molecule is COc1cccc2cc(C(=O)Nc3cnc4c(c3)c(=O)n(C)c(=O)n4C)oc12. The van der Waals surface area contributed by atoms with Gasteiger partial charge in [-0.2, -0.15) is 0 Å². The molecule has 28 heavy (non-hydrogen) atoms. The van der Waals surface area contributed by atoms with E-state index < -0.39 is 17.2 Å². The van der Waals surface area contributed by atoms with E-state index in [-0.39, 0.29) is 16.8 Å². The number of amides is 1. The Morgan fingerprint density at radius 3 is 2.71 bits per heavy atom. The van der Waals surface area contributed by atoms with Gasteiger partial charge in [-0.05, 0) is 18.2 Å². The van der Waals surface area contributed by atoms with E-state index in [0.29, 0.717) is 17.0 Å². The molecule has 9 nitrogen and oxygen atoms in total. The van der Waals surface area contributed by atoms with Gasteiger partial charge in [-0.1, -0.05) is 12.1 Å². The lowest BCUT2D eigenvalue weighted by atomic mass is 10.2. The Labute approximate surface area is 157 Å². The molecule has 0 saturated carbocycles. The van der Waals surface area contributed by atoms with E-state index in [4.69, 9.17) is 9.15 Å². The van der Waals surface area contributed by atoms with Crippen LogP contribution in [0.25, 0.3) is 22.0 Å². The second-order valence-electron chi connectivity index (χ2n) is 6.24. The number of carbonyl (C=O) groups is 1. The molecule has 4 rings (SSSR count). The lowest BCUT2D eigenvalue weighted by molar-refractivity contribution is 0.0998. The Morgan fingerprint density at radius 2 is 1.96 bits per heavy atom. The molecule has 9 heteroatoms. The number of ether oxygens (including phenoxy) is 1. The number of anilines is 1. The van der Waals surface area contributed by atoms with Gasteiger partial charge in [-0.15, -0.1) is 0 Å². The van der Waals surface area contributed by atoms with E-state index in [2.05, 4.69) is 10.3 Å². The standard InChI is InChI=1S/C19H16N4O5/c1-22-16-12(18(25)23(2)19(22)26)8-11(9-20-16)21-17(24)14-7-10-5-4-6-13(27-3)15(10)28-14/h4-9H,1-3H3,(H,21,24). The molecular formula is C19H16N4O5. The number of nitrogens with zero attached hydrogens (tertiary/aromatic N) is 3. The third kappa shape index (κ3) is 2.64. The topological polar surface area (TPSA) is 108 Å². The van der Waals surface area contributed by atoms with Crippen LogP contribution in [0.1, 0.15) is 10.6 Å². The number of aromatic nitrogens is 3. The molecule has 1 amide bonds. The molecule has 0 saturated heterocycles. The number of benzene rings is 1. The van der Waals surface area contributed by atoms with Gasteiger partial charge in [0.1, 0.15) is 5.65 Å². The molecule has 1 aromatic carbocycles. The summed E-state index contributed by atoms with van der Waals surface area (Å²) < 4.78 is 13.1. The number of para-hydroxylation sites is 1. The zero-order chi connectivity index (χ0) is 20.0. The van der Waals surface area contributed by atoms with Crippen LogP contribution in [0.4, 0.5) is 5.69 Å². The minimum Gasteiger partial charge on any atom is -0.493 e. The number of fused-ring (bicyclic) bond motifs is 2. The Bertz CT molecular complexity index is 1360. The predicted octanol–water partition coefficient (Wildman–Crippen LogP) is 1.64. The van der Waals surface area contributed by atoms with Crippen LogP contribution in [0.3, 0.4) is 0 Å². The van der Waals surface area contributed by atoms with Gasteiger partial charge in [0, 0.05) is 19.5 Å². The maximum absolute atomic E-state index is 12.6. The van der Waals surface area contributed by atoms with Crippen molar-refractivity contribution in [3.8, 4) is 5.75 Å². The van der Waals surface area contributed by atoms with Crippen molar-refractivity contribution in [2.24, 2.45) is 14.1 Å². The van der Waals surface area contributed by atoms with Gasteiger partial charge < -0.3 is 14.5 Å². The quantitative estimate of drug-likeness (QED) is 0.579. The zero-order valence-electron chi connectivity index (χ0n) is 15.3. The third-order valence-electron chi connectivity index (χ3n) is 4.50. The van der Waals surface area contributed by atoms with Crippen molar-refractivity contribution in [3.05, 3.63) is 63.1 Å². The molecular weight excluding hydrogens is 364 g/mol. The van der Waals surface area contributed by atoms with Crippen molar-refractivity contribution < 1.29 is 13.9 Å². The maximum atomic E-state index is 12.6. The molecule has 0 aliphatic rings. The first-order valence-corrected chi connectivity index (χ1v) is 8.34. The van der Waals surface area contributed by atoms with Crippen LogP contribution in [-0.2, 0) is 14.1 Å². The smallest absolute Gasteiger partial charge is 0.332 e. The van der Waals surface area contributed by atoms with Crippen molar-refractivity contribution in [2.75, 3.05) is 12.4 Å². The highest BCUT2D eigenvalue weighted by Crippen LogP contribution is 2.28. The molecule has 0 spiro atoms. The average molecular weight is 380 g/mol. The highest BCUT2D eigenvalue weighted by Gasteiger charge is 2.16. The fourth-order valence-electron chi connectivity index (χ4n) is 3.04. The van der Waals surface area contributed by atoms with Gasteiger partial charge in [-0.25, -0.2) is 9.78 Å². The monoisotopic (exact) mass is 380 g/mol. The van der Waals surface area contributed by atoms with Crippen LogP contribution in [-0.4, -0.2) is 27.1 Å². The molecule has 0 aliphatic carbocycles. The minimum absolute atomic E-state index is 0.0907. The Balaban J connectivity index is 1.73. The first kappa shape index (κ1) is 17.5. The van der Waals surface area contributed by atoms with Gasteiger partial charge in [0.2, 0.25) is 0 Å². The van der Waals surface area contributed by atoms with Crippen LogP contribution >= 0.6 is 0 Å². The normalized spacial score (nSPS) is 11.1. The van der Waals surface area contributed by atoms with E-state index in [0.717, 1.165) is 9.95 Å². The third-order valence-corrected chi connectivity index (χ3v) is 4.50. The first-order chi connectivity index (χ1) is 13.4. The number of methoxy groups -OCH3 is 1. The van der Waals surface area contributed by atoms with Crippen molar-refractivity contribution >= 4 is 33.6 Å². The van der Waals surface area contributed by atoms with Crippen LogP contribution < -0.4 is 21.3 Å². The highest BCUT2D eigenvalue weighted by molar-refractivity contribution is 6.05. The first-order valence-electron chi connectivity index (χ1n) is 8.34. The van der Waals surface area contributed by atoms with Gasteiger partial charge in [0.15, 0.2) is 17.1 Å². The number of hydrogen-bond acceptors (Lipinski definition) is 6. The second-order valence-corrected chi connectivity index (χ2v) is 6.24. The molecule has 142 valence electrons. The fourth-order valence-corrected chi connectivity index (χ4v) is 3.04. The summed E-state index contributed by atoms with van der Waals surface area (Å²) in [5.74, 6) is 0.113. The Hall–Kier alpha value is -3.88. The predicted molar refractivity (Wildman–Crippen MR) is 103 cm³/mol. The van der Waals surface area contributed by atoms with Crippen LogP contribution in [0.15, 0.2) is 50.5 Å². The van der Waals surface area contributed by atoms with E-state index >= 15 is 0 Å². The van der Waals surface area contributed by atoms with E-state index in [1.165, 1.54) is 38.0 Å². The van der Waals surface area contributed by atoms with Crippen LogP contribution in [0.5, 0.6) is 5.75 Å². The van der Waals surface area contributed by atoms with Crippen molar-refractivity contribution in [2.45, 2.75) is 0 Å². The summed E-state index contributed by atoms with van der Waals surface area (Å²) in [4.78, 5) is 41.1. The van der Waals surface area contributed by atoms with Crippen molar-refractivity contribution in [1.29, 1.82) is 0 Å². The van der Waals surface area contributed by atoms with Crippen LogP contribution in [0, 0.1) is 0 Å². The average Bonchev–Trinajstić information content (AvgIpc) is 3.15. The summed E-state index contributed by atoms with van der Waals surface area (Å²) in [6, 6.07) is 8.42. The molecule has 0 bridgehead atoms. The summed E-state index contributed by atoms with van der Waals surface area (Å²) in [5, 5.41) is 3.60. The molecule has 3 heterocycles. The lowest BCUT2D eigenvalue weighted by Crippen LogP contribution is -2.37. The summed E-state index contributed by atoms with van der Waals surface area (Å²) in [5.41, 5.74) is 0.0454. The Kier molecular flexibility index (Phi) is 3.99. The van der Waals surface area contributed by atoms with Gasteiger partial charge >= 0.3 is 5.69 Å². The van der Waals surface area contributed by atoms with E-state index in [1.54, 1.807) is 24.3 Å². The number of aryl methyl sites for hydroxylation is 1.